The molecule has 136 valence electrons. The summed E-state index contributed by atoms with van der Waals surface area (Å²) in [5.41, 5.74) is 11.9. The lowest BCUT2D eigenvalue weighted by Crippen LogP contribution is -2.41. The van der Waals surface area contributed by atoms with Crippen molar-refractivity contribution >= 4 is 46.5 Å². The number of thiocarbonyl (C=S) groups is 1. The van der Waals surface area contributed by atoms with Crippen molar-refractivity contribution in [2.24, 2.45) is 0 Å². The molecule has 0 aliphatic rings. The van der Waals surface area contributed by atoms with Gasteiger partial charge in [-0.05, 0) is 60.7 Å². The highest BCUT2D eigenvalue weighted by atomic mass is 32.1. The molecule has 0 fully saturated rings. The molecule has 4 N–H and O–H groups in total. The van der Waals surface area contributed by atoms with Crippen molar-refractivity contribution in [3.05, 3.63) is 84.9 Å². The first-order valence-electron chi connectivity index (χ1n) is 8.29. The van der Waals surface area contributed by atoms with Gasteiger partial charge in [-0.1, -0.05) is 36.4 Å². The molecule has 27 heavy (non-hydrogen) atoms. The highest BCUT2D eigenvalue weighted by molar-refractivity contribution is 7.80. The zero-order valence-corrected chi connectivity index (χ0v) is 15.2. The molecule has 0 bridgehead atoms. The van der Waals surface area contributed by atoms with Crippen LogP contribution in [0.2, 0.25) is 0 Å². The summed E-state index contributed by atoms with van der Waals surface area (Å²) in [5.74, 6) is 0. The highest BCUT2D eigenvalue weighted by Crippen LogP contribution is 2.22. The predicted octanol–water partition coefficient (Wildman–Crippen LogP) is 3.80. The third-order valence-corrected chi connectivity index (χ3v) is 3.85. The quantitative estimate of drug-likeness (QED) is 0.285. The zero-order chi connectivity index (χ0) is 18.9. The summed E-state index contributed by atoms with van der Waals surface area (Å²) in [6, 6.07) is 27.2. The van der Waals surface area contributed by atoms with Crippen molar-refractivity contribution in [3.63, 3.8) is 0 Å². The molecule has 3 aromatic rings. The minimum absolute atomic E-state index is 0.453. The lowest BCUT2D eigenvalue weighted by molar-refractivity contribution is -0.109. The van der Waals surface area contributed by atoms with E-state index in [9.17, 15) is 4.79 Å². The van der Waals surface area contributed by atoms with E-state index in [4.69, 9.17) is 12.2 Å². The number of hydrogen-bond donors (Lipinski definition) is 4. The van der Waals surface area contributed by atoms with Crippen LogP contribution in [0.1, 0.15) is 0 Å². The van der Waals surface area contributed by atoms with Gasteiger partial charge in [-0.2, -0.15) is 0 Å². The third-order valence-electron chi connectivity index (χ3n) is 3.66. The van der Waals surface area contributed by atoms with Gasteiger partial charge in [0.25, 0.3) is 0 Å². The number of hydrazine groups is 2. The van der Waals surface area contributed by atoms with E-state index in [2.05, 4.69) is 21.6 Å². The van der Waals surface area contributed by atoms with E-state index >= 15 is 0 Å². The molecule has 0 spiro atoms. The van der Waals surface area contributed by atoms with E-state index < -0.39 is 0 Å². The second-order valence-electron chi connectivity index (χ2n) is 5.54. The molecule has 0 saturated heterocycles. The Hall–Kier alpha value is -3.58. The minimum Gasteiger partial charge on any atom is -0.331 e. The average molecular weight is 377 g/mol. The van der Waals surface area contributed by atoms with E-state index in [1.54, 1.807) is 0 Å². The smallest absolute Gasteiger partial charge is 0.225 e. The Labute approximate surface area is 163 Å². The lowest BCUT2D eigenvalue weighted by atomic mass is 10.2. The summed E-state index contributed by atoms with van der Waals surface area (Å²) in [5, 5.41) is 5.53. The van der Waals surface area contributed by atoms with Crippen LogP contribution in [0.5, 0.6) is 0 Å². The maximum absolute atomic E-state index is 10.3. The van der Waals surface area contributed by atoms with Gasteiger partial charge in [-0.25, -0.2) is 0 Å². The van der Waals surface area contributed by atoms with Gasteiger partial charge in [0.15, 0.2) is 5.11 Å². The molecule has 3 aromatic carbocycles. The topological polar surface area (TPSA) is 68.4 Å². The molecule has 6 nitrogen and oxygen atoms in total. The molecular weight excluding hydrogens is 358 g/mol. The van der Waals surface area contributed by atoms with Gasteiger partial charge in [0.05, 0.1) is 17.1 Å². The second kappa shape index (κ2) is 9.21. The van der Waals surface area contributed by atoms with Crippen LogP contribution in [0, 0.1) is 0 Å². The lowest BCUT2D eigenvalue weighted by Gasteiger charge is -2.27. The summed E-state index contributed by atoms with van der Waals surface area (Å²) >= 11 is 5.48. The maximum Gasteiger partial charge on any atom is 0.225 e. The first-order chi connectivity index (χ1) is 13.3. The highest BCUT2D eigenvalue weighted by Gasteiger charge is 2.10. The van der Waals surface area contributed by atoms with Crippen molar-refractivity contribution in [1.29, 1.82) is 0 Å². The molecule has 0 atom stereocenters. The summed E-state index contributed by atoms with van der Waals surface area (Å²) in [6.45, 7) is 0. The van der Waals surface area contributed by atoms with Gasteiger partial charge < -0.3 is 5.32 Å². The number of amides is 1. The Kier molecular flexibility index (Phi) is 6.21. The first-order valence-corrected chi connectivity index (χ1v) is 8.70. The van der Waals surface area contributed by atoms with E-state index in [0.717, 1.165) is 22.7 Å². The summed E-state index contributed by atoms with van der Waals surface area (Å²) in [4.78, 5) is 10.3. The number of carbonyl (C=O) groups excluding carboxylic acids is 1. The Balaban J connectivity index is 1.70. The molecule has 0 aliphatic carbocycles. The van der Waals surface area contributed by atoms with Gasteiger partial charge >= 0.3 is 0 Å². The molecule has 0 saturated carbocycles. The molecule has 0 aliphatic heterocycles. The maximum atomic E-state index is 10.3. The normalized spacial score (nSPS) is 9.78. The first kappa shape index (κ1) is 18.2. The molecule has 0 heterocycles. The Morgan fingerprint density at radius 3 is 1.81 bits per heavy atom. The van der Waals surface area contributed by atoms with Crippen LogP contribution in [-0.2, 0) is 4.79 Å². The number of carbonyl (C=O) groups is 1. The van der Waals surface area contributed by atoms with Gasteiger partial charge in [0.1, 0.15) is 0 Å². The standard InChI is InChI=1S/C20H19N5OS/c26-15-21-23-17-13-11-16(12-14-17)22-20(27)24-25(18-7-3-1-4-8-18)19-9-5-2-6-10-19/h1-15,23H,(H,21,26)(H2,22,24,27). The third kappa shape index (κ3) is 5.20. The van der Waals surface area contributed by atoms with E-state index in [0.29, 0.717) is 11.5 Å². The molecular formula is C20H19N5OS. The van der Waals surface area contributed by atoms with E-state index in [1.165, 1.54) is 0 Å². The van der Waals surface area contributed by atoms with E-state index in [-0.39, 0.29) is 0 Å². The van der Waals surface area contributed by atoms with Crippen LogP contribution in [0.15, 0.2) is 84.9 Å². The molecule has 3 rings (SSSR count). The number of anilines is 4. The van der Waals surface area contributed by atoms with Crippen LogP contribution in [0.25, 0.3) is 0 Å². The van der Waals surface area contributed by atoms with Crippen molar-refractivity contribution < 1.29 is 4.79 Å². The fourth-order valence-electron chi connectivity index (χ4n) is 2.44. The Morgan fingerprint density at radius 1 is 0.778 bits per heavy atom. The van der Waals surface area contributed by atoms with Crippen LogP contribution in [0.4, 0.5) is 22.7 Å². The Bertz CT molecular complexity index is 832. The molecule has 0 radical (unpaired) electrons. The van der Waals surface area contributed by atoms with Crippen molar-refractivity contribution in [1.82, 2.24) is 10.9 Å². The summed E-state index contributed by atoms with van der Waals surface area (Å²) in [7, 11) is 0. The van der Waals surface area contributed by atoms with Crippen molar-refractivity contribution in [2.75, 3.05) is 15.8 Å². The van der Waals surface area contributed by atoms with Gasteiger partial charge in [0, 0.05) is 5.69 Å². The molecule has 0 unspecified atom stereocenters. The zero-order valence-electron chi connectivity index (χ0n) is 14.4. The van der Waals surface area contributed by atoms with Crippen molar-refractivity contribution in [3.8, 4) is 0 Å². The molecule has 7 heteroatoms. The van der Waals surface area contributed by atoms with Gasteiger partial charge in [-0.3, -0.25) is 26.1 Å². The second-order valence-corrected chi connectivity index (χ2v) is 5.95. The average Bonchev–Trinajstić information content (AvgIpc) is 2.73. The SMILES string of the molecule is O=CNNc1ccc(NC(=S)NN(c2ccccc2)c2ccccc2)cc1. The number of benzene rings is 3. The number of para-hydroxylation sites is 2. The molecule has 0 aromatic heterocycles. The number of rotatable bonds is 7. The van der Waals surface area contributed by atoms with Crippen LogP contribution in [0.3, 0.4) is 0 Å². The number of nitrogens with zero attached hydrogens (tertiary/aromatic N) is 1. The minimum atomic E-state index is 0.453. The monoisotopic (exact) mass is 377 g/mol. The van der Waals surface area contributed by atoms with Crippen LogP contribution < -0.4 is 26.6 Å². The van der Waals surface area contributed by atoms with Crippen molar-refractivity contribution in [2.45, 2.75) is 0 Å². The predicted molar refractivity (Wildman–Crippen MR) is 114 cm³/mol. The van der Waals surface area contributed by atoms with Gasteiger partial charge in [-0.15, -0.1) is 0 Å². The fraction of sp³-hybridized carbons (Fsp3) is 0. The van der Waals surface area contributed by atoms with Gasteiger partial charge in [0.2, 0.25) is 6.41 Å². The molecule has 1 amide bonds. The largest absolute Gasteiger partial charge is 0.331 e. The number of nitrogens with one attached hydrogen (secondary N) is 4. The fourth-order valence-corrected chi connectivity index (χ4v) is 2.65. The Morgan fingerprint density at radius 2 is 1.30 bits per heavy atom. The number of hydrogen-bond acceptors (Lipinski definition) is 4. The van der Waals surface area contributed by atoms with Crippen LogP contribution in [-0.4, -0.2) is 11.5 Å². The van der Waals surface area contributed by atoms with E-state index in [1.807, 2.05) is 89.9 Å². The summed E-state index contributed by atoms with van der Waals surface area (Å²) in [6.07, 6.45) is 0.576. The van der Waals surface area contributed by atoms with Crippen LogP contribution >= 0.6 is 12.2 Å². The summed E-state index contributed by atoms with van der Waals surface area (Å²) < 4.78 is 0.